The van der Waals surface area contributed by atoms with Gasteiger partial charge in [0.05, 0.1) is 5.41 Å². The Morgan fingerprint density at radius 2 is 1.94 bits per heavy atom. The molecule has 104 valence electrons. The first-order chi connectivity index (χ1) is 8.06. The van der Waals surface area contributed by atoms with Crippen LogP contribution in [-0.4, -0.2) is 35.8 Å². The number of nitrogens with two attached hydrogens (primary N) is 2. The van der Waals surface area contributed by atoms with Crippen LogP contribution in [-0.2, 0) is 9.59 Å². The normalized spacial score (nSPS) is 26.2. The molecule has 0 spiro atoms. The first-order valence-corrected chi connectivity index (χ1v) is 6.39. The predicted octanol–water partition coefficient (Wildman–Crippen LogP) is 0.474. The highest BCUT2D eigenvalue weighted by molar-refractivity contribution is 5.83. The summed E-state index contributed by atoms with van der Waals surface area (Å²) in [6.45, 7) is 8.87. The topological polar surface area (TPSA) is 89.4 Å². The summed E-state index contributed by atoms with van der Waals surface area (Å²) in [7, 11) is 0. The molecule has 5 nitrogen and oxygen atoms in total. The van der Waals surface area contributed by atoms with E-state index in [4.69, 9.17) is 11.5 Å². The summed E-state index contributed by atoms with van der Waals surface area (Å²) in [5, 5.41) is 0. The van der Waals surface area contributed by atoms with Gasteiger partial charge < -0.3 is 16.4 Å². The van der Waals surface area contributed by atoms with E-state index in [1.165, 1.54) is 0 Å². The van der Waals surface area contributed by atoms with Gasteiger partial charge in [0.25, 0.3) is 0 Å². The second-order valence-corrected chi connectivity index (χ2v) is 6.67. The average molecular weight is 255 g/mol. The number of amides is 2. The molecule has 5 heteroatoms. The van der Waals surface area contributed by atoms with Gasteiger partial charge in [-0.15, -0.1) is 0 Å². The molecule has 0 aromatic heterocycles. The molecule has 18 heavy (non-hydrogen) atoms. The quantitative estimate of drug-likeness (QED) is 0.768. The smallest absolute Gasteiger partial charge is 0.225 e. The van der Waals surface area contributed by atoms with Crippen LogP contribution in [0.3, 0.4) is 0 Å². The van der Waals surface area contributed by atoms with Crippen molar-refractivity contribution < 1.29 is 9.59 Å². The lowest BCUT2D eigenvalue weighted by atomic mass is 9.85. The van der Waals surface area contributed by atoms with E-state index in [1.54, 1.807) is 4.90 Å². The maximum absolute atomic E-state index is 12.1. The molecule has 1 aliphatic rings. The van der Waals surface area contributed by atoms with Crippen LogP contribution in [0.25, 0.3) is 0 Å². The summed E-state index contributed by atoms with van der Waals surface area (Å²) >= 11 is 0. The Morgan fingerprint density at radius 3 is 2.33 bits per heavy atom. The van der Waals surface area contributed by atoms with Gasteiger partial charge in [0, 0.05) is 25.6 Å². The van der Waals surface area contributed by atoms with Gasteiger partial charge in [-0.3, -0.25) is 9.59 Å². The average Bonchev–Trinajstić information content (AvgIpc) is 2.61. The Morgan fingerprint density at radius 1 is 1.39 bits per heavy atom. The SMILES string of the molecule is CC1(C(N)=O)CCN(C(=O)CC(N)C(C)(C)C)C1. The minimum absolute atomic E-state index is 0.0161. The molecule has 1 heterocycles. The molecule has 0 aromatic rings. The van der Waals surface area contributed by atoms with E-state index in [0.29, 0.717) is 25.9 Å². The molecule has 0 radical (unpaired) electrons. The second-order valence-electron chi connectivity index (χ2n) is 6.67. The largest absolute Gasteiger partial charge is 0.369 e. The Hall–Kier alpha value is -1.10. The highest BCUT2D eigenvalue weighted by Crippen LogP contribution is 2.30. The van der Waals surface area contributed by atoms with Crippen molar-refractivity contribution in [2.45, 2.75) is 46.6 Å². The van der Waals surface area contributed by atoms with Crippen molar-refractivity contribution in [2.24, 2.45) is 22.3 Å². The Labute approximate surface area is 109 Å². The third kappa shape index (κ3) is 3.22. The molecular formula is C13H25N3O2. The lowest BCUT2D eigenvalue weighted by Crippen LogP contribution is -2.43. The Kier molecular flexibility index (Phi) is 4.05. The van der Waals surface area contributed by atoms with Crippen molar-refractivity contribution in [1.29, 1.82) is 0 Å². The highest BCUT2D eigenvalue weighted by Gasteiger charge is 2.41. The van der Waals surface area contributed by atoms with Gasteiger partial charge in [-0.1, -0.05) is 20.8 Å². The van der Waals surface area contributed by atoms with E-state index < -0.39 is 5.41 Å². The fourth-order valence-electron chi connectivity index (χ4n) is 2.00. The number of rotatable bonds is 3. The summed E-state index contributed by atoms with van der Waals surface area (Å²) in [5.74, 6) is -0.319. The van der Waals surface area contributed by atoms with Gasteiger partial charge in [0.1, 0.15) is 0 Å². The van der Waals surface area contributed by atoms with E-state index in [1.807, 2.05) is 27.7 Å². The molecule has 0 bridgehead atoms. The lowest BCUT2D eigenvalue weighted by Gasteiger charge is -2.28. The zero-order valence-electron chi connectivity index (χ0n) is 11.8. The van der Waals surface area contributed by atoms with E-state index in [0.717, 1.165) is 0 Å². The van der Waals surface area contributed by atoms with Crippen LogP contribution in [0.5, 0.6) is 0 Å². The molecule has 1 saturated heterocycles. The fraction of sp³-hybridized carbons (Fsp3) is 0.846. The van der Waals surface area contributed by atoms with Gasteiger partial charge >= 0.3 is 0 Å². The highest BCUT2D eigenvalue weighted by atomic mass is 16.2. The van der Waals surface area contributed by atoms with E-state index >= 15 is 0 Å². The van der Waals surface area contributed by atoms with E-state index in [9.17, 15) is 9.59 Å². The molecule has 1 aliphatic heterocycles. The van der Waals surface area contributed by atoms with Gasteiger partial charge in [-0.05, 0) is 18.8 Å². The third-order valence-corrected chi connectivity index (χ3v) is 3.93. The van der Waals surface area contributed by atoms with Crippen molar-refractivity contribution in [3.63, 3.8) is 0 Å². The maximum Gasteiger partial charge on any atom is 0.225 e. The van der Waals surface area contributed by atoms with Crippen LogP contribution in [0, 0.1) is 10.8 Å². The molecule has 4 N–H and O–H groups in total. The molecule has 0 aliphatic carbocycles. The van der Waals surface area contributed by atoms with Crippen LogP contribution in [0.2, 0.25) is 0 Å². The fourth-order valence-corrected chi connectivity index (χ4v) is 2.00. The van der Waals surface area contributed by atoms with Gasteiger partial charge in [-0.2, -0.15) is 0 Å². The van der Waals surface area contributed by atoms with Gasteiger partial charge in [-0.25, -0.2) is 0 Å². The Bertz CT molecular complexity index is 349. The second kappa shape index (κ2) is 4.88. The lowest BCUT2D eigenvalue weighted by molar-refractivity contribution is -0.132. The van der Waals surface area contributed by atoms with Crippen LogP contribution in [0.1, 0.15) is 40.5 Å². The number of hydrogen-bond acceptors (Lipinski definition) is 3. The molecule has 2 amide bonds. The zero-order chi connectivity index (χ0) is 14.1. The molecule has 1 fully saturated rings. The van der Waals surface area contributed by atoms with Crippen molar-refractivity contribution in [1.82, 2.24) is 4.90 Å². The summed E-state index contributed by atoms with van der Waals surface area (Å²) in [6.07, 6.45) is 0.956. The molecule has 2 atom stereocenters. The minimum atomic E-state index is -0.582. The number of hydrogen-bond donors (Lipinski definition) is 2. The molecule has 1 rings (SSSR count). The summed E-state index contributed by atoms with van der Waals surface area (Å²) in [6, 6.07) is -0.176. The molecule has 0 saturated carbocycles. The van der Waals surface area contributed by atoms with E-state index in [2.05, 4.69) is 0 Å². The van der Waals surface area contributed by atoms with Crippen molar-refractivity contribution in [2.75, 3.05) is 13.1 Å². The zero-order valence-corrected chi connectivity index (χ0v) is 11.8. The van der Waals surface area contributed by atoms with Crippen LogP contribution < -0.4 is 11.5 Å². The summed E-state index contributed by atoms with van der Waals surface area (Å²) in [4.78, 5) is 25.1. The number of carbonyl (C=O) groups is 2. The van der Waals surface area contributed by atoms with Crippen molar-refractivity contribution in [3.8, 4) is 0 Å². The molecule has 0 aromatic carbocycles. The maximum atomic E-state index is 12.1. The minimum Gasteiger partial charge on any atom is -0.369 e. The molecule has 2 unspecified atom stereocenters. The van der Waals surface area contributed by atoms with Gasteiger partial charge in [0.2, 0.25) is 11.8 Å². The van der Waals surface area contributed by atoms with Crippen LogP contribution >= 0.6 is 0 Å². The van der Waals surface area contributed by atoms with Gasteiger partial charge in [0.15, 0.2) is 0 Å². The van der Waals surface area contributed by atoms with Crippen molar-refractivity contribution in [3.05, 3.63) is 0 Å². The molecular weight excluding hydrogens is 230 g/mol. The number of carbonyl (C=O) groups excluding carboxylic acids is 2. The number of likely N-dealkylation sites (tertiary alicyclic amines) is 1. The van der Waals surface area contributed by atoms with Crippen molar-refractivity contribution >= 4 is 11.8 Å². The number of nitrogens with zero attached hydrogens (tertiary/aromatic N) is 1. The standard InChI is InChI=1S/C13H25N3O2/c1-12(2,3)9(14)7-10(17)16-6-5-13(4,8-16)11(15)18/h9H,5-8,14H2,1-4H3,(H2,15,18). The summed E-state index contributed by atoms with van der Waals surface area (Å²) in [5.41, 5.74) is 10.7. The summed E-state index contributed by atoms with van der Waals surface area (Å²) < 4.78 is 0. The monoisotopic (exact) mass is 255 g/mol. The van der Waals surface area contributed by atoms with E-state index in [-0.39, 0.29) is 23.3 Å². The van der Waals surface area contributed by atoms with Crippen LogP contribution in [0.15, 0.2) is 0 Å². The first kappa shape index (κ1) is 15.0. The predicted molar refractivity (Wildman–Crippen MR) is 70.5 cm³/mol. The Balaban J connectivity index is 2.59. The first-order valence-electron chi connectivity index (χ1n) is 6.39. The number of primary amides is 1. The van der Waals surface area contributed by atoms with Crippen LogP contribution in [0.4, 0.5) is 0 Å². The third-order valence-electron chi connectivity index (χ3n) is 3.93.